The number of aromatic nitrogens is 1. The Balaban J connectivity index is 2.12. The molecule has 0 saturated carbocycles. The normalized spacial score (nSPS) is 21.1. The number of hydrogen-bond acceptors (Lipinski definition) is 3. The van der Waals surface area contributed by atoms with E-state index in [1.165, 1.54) is 6.20 Å². The first-order chi connectivity index (χ1) is 8.18. The Kier molecular flexibility index (Phi) is 3.97. The Hall–Kier alpha value is -1.13. The Labute approximate surface area is 105 Å². The zero-order valence-corrected chi connectivity index (χ0v) is 10.2. The van der Waals surface area contributed by atoms with Crippen LogP contribution in [-0.4, -0.2) is 40.1 Å². The summed E-state index contributed by atoms with van der Waals surface area (Å²) in [7, 11) is 0. The molecular formula is C12H15ClN2O2. The van der Waals surface area contributed by atoms with Crippen molar-refractivity contribution in [2.24, 2.45) is 0 Å². The molecule has 1 atom stereocenters. The van der Waals surface area contributed by atoms with Crippen molar-refractivity contribution in [2.45, 2.75) is 25.4 Å². The van der Waals surface area contributed by atoms with Crippen molar-refractivity contribution >= 4 is 17.5 Å². The number of carbonyl (C=O) groups excluding carboxylic acids is 1. The molecule has 2 heterocycles. The quantitative estimate of drug-likeness (QED) is 0.830. The van der Waals surface area contributed by atoms with Crippen LogP contribution in [0.4, 0.5) is 0 Å². The highest BCUT2D eigenvalue weighted by atomic mass is 35.5. The van der Waals surface area contributed by atoms with Gasteiger partial charge in [0.2, 0.25) is 0 Å². The molecule has 0 spiro atoms. The summed E-state index contributed by atoms with van der Waals surface area (Å²) in [5.74, 6) is -0.0773. The average molecular weight is 255 g/mol. The maximum absolute atomic E-state index is 12.2. The standard InChI is InChI=1S/C12H15ClN2O2/c13-11-8-14-5-3-10(11)12(17)15-6-1-2-9(16)4-7-15/h3,5,8-9,16H,1-2,4,6-7H2/t9-/m0/s1. The molecule has 17 heavy (non-hydrogen) atoms. The van der Waals surface area contributed by atoms with Gasteiger partial charge in [0.05, 0.1) is 16.7 Å². The topological polar surface area (TPSA) is 53.4 Å². The minimum Gasteiger partial charge on any atom is -0.393 e. The molecule has 1 N–H and O–H groups in total. The van der Waals surface area contributed by atoms with E-state index in [0.29, 0.717) is 30.1 Å². The van der Waals surface area contributed by atoms with Gasteiger partial charge in [-0.05, 0) is 25.3 Å². The van der Waals surface area contributed by atoms with Gasteiger partial charge in [0, 0.05) is 25.5 Å². The van der Waals surface area contributed by atoms with Gasteiger partial charge in [0.25, 0.3) is 5.91 Å². The Morgan fingerprint density at radius 3 is 3.06 bits per heavy atom. The summed E-state index contributed by atoms with van der Waals surface area (Å²) in [5, 5.41) is 9.92. The monoisotopic (exact) mass is 254 g/mol. The molecule has 5 heteroatoms. The molecule has 1 fully saturated rings. The first-order valence-corrected chi connectivity index (χ1v) is 6.13. The zero-order chi connectivity index (χ0) is 12.3. The van der Waals surface area contributed by atoms with Crippen LogP contribution in [0, 0.1) is 0 Å². The Bertz CT molecular complexity index is 411. The van der Waals surface area contributed by atoms with Gasteiger partial charge in [-0.15, -0.1) is 0 Å². The SMILES string of the molecule is O=C(c1ccncc1Cl)N1CCC[C@H](O)CC1. The van der Waals surface area contributed by atoms with E-state index in [1.807, 2.05) is 0 Å². The number of aliphatic hydroxyl groups excluding tert-OH is 1. The summed E-state index contributed by atoms with van der Waals surface area (Å²) in [6.07, 6.45) is 4.96. The molecule has 1 amide bonds. The summed E-state index contributed by atoms with van der Waals surface area (Å²) in [4.78, 5) is 17.8. The summed E-state index contributed by atoms with van der Waals surface area (Å²) < 4.78 is 0. The van der Waals surface area contributed by atoms with Crippen LogP contribution in [-0.2, 0) is 0 Å². The average Bonchev–Trinajstić information content (AvgIpc) is 2.54. The fourth-order valence-corrected chi connectivity index (χ4v) is 2.20. The lowest BCUT2D eigenvalue weighted by atomic mass is 10.2. The molecule has 0 aliphatic carbocycles. The Morgan fingerprint density at radius 1 is 1.47 bits per heavy atom. The van der Waals surface area contributed by atoms with Gasteiger partial charge in [0.15, 0.2) is 0 Å². The molecule has 0 radical (unpaired) electrons. The van der Waals surface area contributed by atoms with E-state index in [4.69, 9.17) is 11.6 Å². The van der Waals surface area contributed by atoms with Crippen molar-refractivity contribution in [1.82, 2.24) is 9.88 Å². The predicted molar refractivity (Wildman–Crippen MR) is 65.0 cm³/mol. The summed E-state index contributed by atoms with van der Waals surface area (Å²) in [6, 6.07) is 1.63. The number of hydrogen-bond donors (Lipinski definition) is 1. The lowest BCUT2D eigenvalue weighted by Gasteiger charge is -2.20. The van der Waals surface area contributed by atoms with Crippen molar-refractivity contribution in [2.75, 3.05) is 13.1 Å². The van der Waals surface area contributed by atoms with Gasteiger partial charge in [-0.2, -0.15) is 0 Å². The highest BCUT2D eigenvalue weighted by Gasteiger charge is 2.21. The van der Waals surface area contributed by atoms with Crippen LogP contribution in [0.3, 0.4) is 0 Å². The van der Waals surface area contributed by atoms with Crippen molar-refractivity contribution in [1.29, 1.82) is 0 Å². The molecule has 0 bridgehead atoms. The highest BCUT2D eigenvalue weighted by Crippen LogP contribution is 2.18. The van der Waals surface area contributed by atoms with Crippen molar-refractivity contribution in [3.05, 3.63) is 29.0 Å². The smallest absolute Gasteiger partial charge is 0.255 e. The fraction of sp³-hybridized carbons (Fsp3) is 0.500. The van der Waals surface area contributed by atoms with Crippen molar-refractivity contribution < 1.29 is 9.90 Å². The summed E-state index contributed by atoms with van der Waals surface area (Å²) in [6.45, 7) is 1.26. The summed E-state index contributed by atoms with van der Waals surface area (Å²) in [5.41, 5.74) is 0.484. The maximum Gasteiger partial charge on any atom is 0.255 e. The van der Waals surface area contributed by atoms with Gasteiger partial charge in [0.1, 0.15) is 0 Å². The van der Waals surface area contributed by atoms with Crippen LogP contribution < -0.4 is 0 Å². The third-order valence-corrected chi connectivity index (χ3v) is 3.29. The molecule has 92 valence electrons. The lowest BCUT2D eigenvalue weighted by molar-refractivity contribution is 0.0753. The molecule has 1 aromatic heterocycles. The Morgan fingerprint density at radius 2 is 2.29 bits per heavy atom. The van der Waals surface area contributed by atoms with E-state index < -0.39 is 0 Å². The van der Waals surface area contributed by atoms with E-state index in [9.17, 15) is 9.90 Å². The highest BCUT2D eigenvalue weighted by molar-refractivity contribution is 6.33. The molecule has 0 unspecified atom stereocenters. The van der Waals surface area contributed by atoms with E-state index in [1.54, 1.807) is 17.2 Å². The lowest BCUT2D eigenvalue weighted by Crippen LogP contribution is -2.32. The van der Waals surface area contributed by atoms with Crippen LogP contribution in [0.15, 0.2) is 18.5 Å². The van der Waals surface area contributed by atoms with Gasteiger partial charge in [-0.25, -0.2) is 0 Å². The molecule has 1 saturated heterocycles. The van der Waals surface area contributed by atoms with E-state index >= 15 is 0 Å². The predicted octanol–water partition coefficient (Wildman–Crippen LogP) is 1.72. The van der Waals surface area contributed by atoms with Crippen LogP contribution in [0.25, 0.3) is 0 Å². The van der Waals surface area contributed by atoms with E-state index in [2.05, 4.69) is 4.98 Å². The van der Waals surface area contributed by atoms with Crippen LogP contribution in [0.5, 0.6) is 0 Å². The maximum atomic E-state index is 12.2. The minimum absolute atomic E-state index is 0.0773. The first kappa shape index (κ1) is 12.3. The van der Waals surface area contributed by atoms with E-state index in [0.717, 1.165) is 12.8 Å². The fourth-order valence-electron chi connectivity index (χ4n) is 2.00. The molecule has 2 rings (SSSR count). The minimum atomic E-state index is -0.291. The summed E-state index contributed by atoms with van der Waals surface area (Å²) >= 11 is 5.95. The third-order valence-electron chi connectivity index (χ3n) is 2.99. The van der Waals surface area contributed by atoms with Gasteiger partial charge in [-0.1, -0.05) is 11.6 Å². The number of aliphatic hydroxyl groups is 1. The van der Waals surface area contributed by atoms with Gasteiger partial charge < -0.3 is 10.0 Å². The number of carbonyl (C=O) groups is 1. The second kappa shape index (κ2) is 5.47. The zero-order valence-electron chi connectivity index (χ0n) is 9.47. The van der Waals surface area contributed by atoms with E-state index in [-0.39, 0.29) is 12.0 Å². The van der Waals surface area contributed by atoms with Gasteiger partial charge >= 0.3 is 0 Å². The number of amides is 1. The molecular weight excluding hydrogens is 240 g/mol. The first-order valence-electron chi connectivity index (χ1n) is 5.75. The van der Waals surface area contributed by atoms with Gasteiger partial charge in [-0.3, -0.25) is 9.78 Å². The number of pyridine rings is 1. The van der Waals surface area contributed by atoms with Crippen LogP contribution >= 0.6 is 11.6 Å². The molecule has 1 aliphatic rings. The molecule has 0 aromatic carbocycles. The van der Waals surface area contributed by atoms with Crippen LogP contribution in [0.1, 0.15) is 29.6 Å². The second-order valence-corrected chi connectivity index (χ2v) is 4.64. The largest absolute Gasteiger partial charge is 0.393 e. The molecule has 1 aromatic rings. The number of likely N-dealkylation sites (tertiary alicyclic amines) is 1. The number of rotatable bonds is 1. The third kappa shape index (κ3) is 2.96. The van der Waals surface area contributed by atoms with Crippen molar-refractivity contribution in [3.63, 3.8) is 0 Å². The molecule has 1 aliphatic heterocycles. The molecule has 4 nitrogen and oxygen atoms in total. The van der Waals surface area contributed by atoms with Crippen molar-refractivity contribution in [3.8, 4) is 0 Å². The second-order valence-electron chi connectivity index (χ2n) is 4.23. The number of nitrogens with zero attached hydrogens (tertiary/aromatic N) is 2. The number of halogens is 1. The van der Waals surface area contributed by atoms with Crippen LogP contribution in [0.2, 0.25) is 5.02 Å².